The number of aromatic nitrogens is 1. The van der Waals surface area contributed by atoms with Crippen molar-refractivity contribution in [1.82, 2.24) is 4.98 Å². The van der Waals surface area contributed by atoms with Crippen LogP contribution in [-0.2, 0) is 6.54 Å². The molecule has 0 saturated carbocycles. The molecule has 3 nitrogen and oxygen atoms in total. The van der Waals surface area contributed by atoms with E-state index in [9.17, 15) is 0 Å². The molecule has 0 bridgehead atoms. The van der Waals surface area contributed by atoms with Crippen LogP contribution in [0.15, 0.2) is 28.1 Å². The Morgan fingerprint density at radius 1 is 1.53 bits per heavy atom. The molecule has 2 aromatic heterocycles. The molecule has 0 atom stereocenters. The highest BCUT2D eigenvalue weighted by atomic mass is 79.9. The van der Waals surface area contributed by atoms with Crippen LogP contribution in [0.25, 0.3) is 0 Å². The maximum absolute atomic E-state index is 5.76. The Balaban J connectivity index is 2.29. The monoisotopic (exact) mass is 355 g/mol. The van der Waals surface area contributed by atoms with E-state index in [1.54, 1.807) is 11.3 Å². The number of nitrogens with two attached hydrogens (primary N) is 1. The fourth-order valence-electron chi connectivity index (χ4n) is 1.77. The number of hydrogen-bond donors (Lipinski definition) is 1. The molecular weight excluding hydrogens is 342 g/mol. The minimum absolute atomic E-state index is 0.377. The van der Waals surface area contributed by atoms with Crippen molar-refractivity contribution >= 4 is 50.3 Å². The summed E-state index contributed by atoms with van der Waals surface area (Å²) in [5, 5.41) is 2.07. The topological polar surface area (TPSA) is 42.1 Å². The number of halogens is 1. The Kier molecular flexibility index (Phi) is 4.54. The molecule has 2 rings (SSSR count). The molecule has 0 radical (unpaired) electrons. The highest BCUT2D eigenvalue weighted by Gasteiger charge is 2.13. The average molecular weight is 356 g/mol. The first kappa shape index (κ1) is 14.4. The molecule has 0 aromatic carbocycles. The molecule has 2 heterocycles. The van der Waals surface area contributed by atoms with E-state index in [4.69, 9.17) is 18.0 Å². The number of pyridine rings is 1. The van der Waals surface area contributed by atoms with Gasteiger partial charge in [-0.3, -0.25) is 0 Å². The maximum atomic E-state index is 5.76. The summed E-state index contributed by atoms with van der Waals surface area (Å²) in [6.07, 6.45) is 0. The van der Waals surface area contributed by atoms with E-state index in [0.29, 0.717) is 4.99 Å². The van der Waals surface area contributed by atoms with Crippen LogP contribution in [-0.4, -0.2) is 17.0 Å². The zero-order chi connectivity index (χ0) is 14.0. The van der Waals surface area contributed by atoms with E-state index in [2.05, 4.69) is 37.3 Å². The van der Waals surface area contributed by atoms with Crippen molar-refractivity contribution in [3.05, 3.63) is 44.2 Å². The number of thiophene rings is 1. The number of nitrogens with zero attached hydrogens (tertiary/aromatic N) is 2. The zero-order valence-electron chi connectivity index (χ0n) is 10.7. The van der Waals surface area contributed by atoms with Crippen LogP contribution in [0.3, 0.4) is 0 Å². The van der Waals surface area contributed by atoms with Gasteiger partial charge < -0.3 is 10.6 Å². The molecule has 0 aliphatic heterocycles. The number of aryl methyl sites for hydroxylation is 1. The fourth-order valence-corrected chi connectivity index (χ4v) is 3.43. The van der Waals surface area contributed by atoms with E-state index >= 15 is 0 Å². The molecule has 2 aromatic rings. The molecule has 0 spiro atoms. The van der Waals surface area contributed by atoms with Gasteiger partial charge in [0.2, 0.25) is 0 Å². The van der Waals surface area contributed by atoms with Crippen molar-refractivity contribution in [2.75, 3.05) is 11.9 Å². The third-order valence-electron chi connectivity index (χ3n) is 2.66. The number of thiocarbonyl (C=S) groups is 1. The second kappa shape index (κ2) is 5.98. The van der Waals surface area contributed by atoms with Gasteiger partial charge in [-0.1, -0.05) is 12.2 Å². The Bertz CT molecular complexity index is 610. The Hall–Kier alpha value is -0.980. The quantitative estimate of drug-likeness (QED) is 0.852. The van der Waals surface area contributed by atoms with Gasteiger partial charge in [0.1, 0.15) is 10.8 Å². The van der Waals surface area contributed by atoms with Gasteiger partial charge in [0.15, 0.2) is 0 Å². The predicted octanol–water partition coefficient (Wildman–Crippen LogP) is 3.48. The van der Waals surface area contributed by atoms with Crippen LogP contribution >= 0.6 is 39.5 Å². The van der Waals surface area contributed by atoms with Gasteiger partial charge in [0.05, 0.1) is 12.1 Å². The SMILES string of the molecule is Cc1ccc(C(N)=S)c(N(C)Cc2cc(Br)cs2)n1. The van der Waals surface area contributed by atoms with Crippen LogP contribution < -0.4 is 10.6 Å². The molecule has 0 fully saturated rings. The van der Waals surface area contributed by atoms with Gasteiger partial charge in [-0.2, -0.15) is 0 Å². The first-order chi connectivity index (χ1) is 8.97. The summed E-state index contributed by atoms with van der Waals surface area (Å²) in [6, 6.07) is 5.96. The van der Waals surface area contributed by atoms with Gasteiger partial charge in [-0.05, 0) is 41.1 Å². The summed E-state index contributed by atoms with van der Waals surface area (Å²) >= 11 is 10.3. The summed E-state index contributed by atoms with van der Waals surface area (Å²) in [4.78, 5) is 8.25. The van der Waals surface area contributed by atoms with Crippen molar-refractivity contribution in [3.63, 3.8) is 0 Å². The first-order valence-corrected chi connectivity index (χ1v) is 7.77. The smallest absolute Gasteiger partial charge is 0.139 e. The Morgan fingerprint density at radius 2 is 2.26 bits per heavy atom. The molecular formula is C13H14BrN3S2. The zero-order valence-corrected chi connectivity index (χ0v) is 13.9. The highest BCUT2D eigenvalue weighted by Crippen LogP contribution is 2.24. The molecule has 0 amide bonds. The number of rotatable bonds is 4. The summed E-state index contributed by atoms with van der Waals surface area (Å²) in [6.45, 7) is 2.74. The lowest BCUT2D eigenvalue weighted by atomic mass is 10.2. The molecule has 0 aliphatic carbocycles. The summed E-state index contributed by atoms with van der Waals surface area (Å²) in [7, 11) is 2.00. The lowest BCUT2D eigenvalue weighted by molar-refractivity contribution is 0.904. The summed E-state index contributed by atoms with van der Waals surface area (Å²) < 4.78 is 1.10. The minimum atomic E-state index is 0.377. The van der Waals surface area contributed by atoms with Gasteiger partial charge in [-0.15, -0.1) is 11.3 Å². The molecule has 0 aliphatic rings. The third-order valence-corrected chi connectivity index (χ3v) is 4.56. The number of anilines is 1. The van der Waals surface area contributed by atoms with E-state index in [0.717, 1.165) is 28.1 Å². The molecule has 0 unspecified atom stereocenters. The van der Waals surface area contributed by atoms with E-state index in [1.165, 1.54) is 4.88 Å². The Morgan fingerprint density at radius 3 is 2.84 bits per heavy atom. The lowest BCUT2D eigenvalue weighted by Gasteiger charge is -2.20. The van der Waals surface area contributed by atoms with E-state index in [-0.39, 0.29) is 0 Å². The molecule has 6 heteroatoms. The average Bonchev–Trinajstić information content (AvgIpc) is 2.74. The first-order valence-electron chi connectivity index (χ1n) is 5.69. The molecule has 19 heavy (non-hydrogen) atoms. The highest BCUT2D eigenvalue weighted by molar-refractivity contribution is 9.10. The predicted molar refractivity (Wildman–Crippen MR) is 89.0 cm³/mol. The van der Waals surface area contributed by atoms with Gasteiger partial charge in [0, 0.05) is 27.5 Å². The van der Waals surface area contributed by atoms with Crippen LogP contribution in [0.2, 0.25) is 0 Å². The van der Waals surface area contributed by atoms with Gasteiger partial charge >= 0.3 is 0 Å². The van der Waals surface area contributed by atoms with Crippen molar-refractivity contribution in [1.29, 1.82) is 0 Å². The molecule has 2 N–H and O–H groups in total. The normalized spacial score (nSPS) is 10.5. The molecule has 0 saturated heterocycles. The van der Waals surface area contributed by atoms with E-state index in [1.807, 2.05) is 26.1 Å². The fraction of sp³-hybridized carbons (Fsp3) is 0.231. The van der Waals surface area contributed by atoms with Crippen molar-refractivity contribution in [3.8, 4) is 0 Å². The summed E-state index contributed by atoms with van der Waals surface area (Å²) in [5.74, 6) is 0.831. The largest absolute Gasteiger partial charge is 0.389 e. The van der Waals surface area contributed by atoms with Crippen LogP contribution in [0.5, 0.6) is 0 Å². The second-order valence-electron chi connectivity index (χ2n) is 4.28. The van der Waals surface area contributed by atoms with Gasteiger partial charge in [0.25, 0.3) is 0 Å². The lowest BCUT2D eigenvalue weighted by Crippen LogP contribution is -2.22. The molecule has 100 valence electrons. The second-order valence-corrected chi connectivity index (χ2v) is 6.63. The van der Waals surface area contributed by atoms with Crippen molar-refractivity contribution in [2.45, 2.75) is 13.5 Å². The van der Waals surface area contributed by atoms with Crippen molar-refractivity contribution in [2.24, 2.45) is 5.73 Å². The standard InChI is InChI=1S/C13H14BrN3S2/c1-8-3-4-11(12(15)18)13(16-8)17(2)6-10-5-9(14)7-19-10/h3-5,7H,6H2,1-2H3,(H2,15,18). The summed E-state index contributed by atoms with van der Waals surface area (Å²) in [5.41, 5.74) is 7.53. The van der Waals surface area contributed by atoms with Crippen molar-refractivity contribution < 1.29 is 0 Å². The Labute approximate surface area is 130 Å². The van der Waals surface area contributed by atoms with Gasteiger partial charge in [-0.25, -0.2) is 4.98 Å². The minimum Gasteiger partial charge on any atom is -0.389 e. The third kappa shape index (κ3) is 3.52. The maximum Gasteiger partial charge on any atom is 0.139 e. The van der Waals surface area contributed by atoms with E-state index < -0.39 is 0 Å². The van der Waals surface area contributed by atoms with Crippen LogP contribution in [0, 0.1) is 6.92 Å². The van der Waals surface area contributed by atoms with Crippen LogP contribution in [0.4, 0.5) is 5.82 Å². The van der Waals surface area contributed by atoms with Crippen LogP contribution in [0.1, 0.15) is 16.1 Å². The number of hydrogen-bond acceptors (Lipinski definition) is 4.